The lowest BCUT2D eigenvalue weighted by Crippen LogP contribution is -2.33. The molecule has 5 nitrogen and oxygen atoms in total. The van der Waals surface area contributed by atoms with E-state index in [1.165, 1.54) is 0 Å². The molecule has 2 fully saturated rings. The minimum Gasteiger partial charge on any atom is -0.511 e. The SMILES string of the molecule is Cc1cc(C)c(C2=C(O)[C@@H]3[C@@H]4O[C@@H](C[C@H]4c4cnc5ccccc5n4)[C@@H]3C2=O)c(C)c1. The average Bonchev–Trinajstić information content (AvgIpc) is 3.40. The summed E-state index contributed by atoms with van der Waals surface area (Å²) in [5, 5.41) is 11.3. The second kappa shape index (κ2) is 6.47. The first kappa shape index (κ1) is 18.7. The third-order valence-electron chi connectivity index (χ3n) is 7.25. The quantitative estimate of drug-likeness (QED) is 0.666. The molecule has 2 saturated heterocycles. The third kappa shape index (κ3) is 2.56. The summed E-state index contributed by atoms with van der Waals surface area (Å²) in [6.45, 7) is 6.07. The molecule has 3 heterocycles. The van der Waals surface area contributed by atoms with Crippen molar-refractivity contribution in [2.24, 2.45) is 11.8 Å². The summed E-state index contributed by atoms with van der Waals surface area (Å²) in [4.78, 5) is 22.9. The van der Waals surface area contributed by atoms with Gasteiger partial charge in [-0.05, 0) is 56.0 Å². The number of para-hydroxylation sites is 2. The second-order valence-electron chi connectivity index (χ2n) is 9.21. The van der Waals surface area contributed by atoms with E-state index >= 15 is 0 Å². The number of Topliss-reactive ketones (excluding diaryl/α,β-unsaturated/α-hetero) is 1. The van der Waals surface area contributed by atoms with Gasteiger partial charge in [0.15, 0.2) is 5.78 Å². The standard InChI is InChI=1S/C26H24N2O3/c1-12-8-13(2)20(14(3)9-12)22-24(29)21-19-10-15(26(31-19)23(21)25(22)30)18-11-27-16-6-4-5-7-17(16)28-18/h4-9,11,15,19,21,23,26,30H,10H2,1-3H3/t15-,19-,21-,23+,26+/m0/s1. The smallest absolute Gasteiger partial charge is 0.173 e. The van der Waals surface area contributed by atoms with Gasteiger partial charge < -0.3 is 9.84 Å². The van der Waals surface area contributed by atoms with Gasteiger partial charge in [-0.1, -0.05) is 29.8 Å². The number of nitrogens with zero attached hydrogens (tertiary/aromatic N) is 2. The number of fused-ring (bicyclic) bond motifs is 6. The number of ketones is 1. The summed E-state index contributed by atoms with van der Waals surface area (Å²) in [6, 6.07) is 12.0. The average molecular weight is 412 g/mol. The van der Waals surface area contributed by atoms with Crippen molar-refractivity contribution in [1.82, 2.24) is 9.97 Å². The Bertz CT molecular complexity index is 1270. The zero-order chi connectivity index (χ0) is 21.4. The highest BCUT2D eigenvalue weighted by Gasteiger charge is 2.63. The highest BCUT2D eigenvalue weighted by atomic mass is 16.5. The van der Waals surface area contributed by atoms with Crippen LogP contribution in [0, 0.1) is 32.6 Å². The van der Waals surface area contributed by atoms with E-state index in [2.05, 4.69) is 17.1 Å². The van der Waals surface area contributed by atoms with Crippen molar-refractivity contribution in [3.05, 3.63) is 76.3 Å². The van der Waals surface area contributed by atoms with Crippen LogP contribution >= 0.6 is 0 Å². The predicted molar refractivity (Wildman–Crippen MR) is 118 cm³/mol. The van der Waals surface area contributed by atoms with Crippen LogP contribution in [0.5, 0.6) is 0 Å². The summed E-state index contributed by atoms with van der Waals surface area (Å²) in [5.74, 6) is -0.369. The van der Waals surface area contributed by atoms with Crippen molar-refractivity contribution < 1.29 is 14.6 Å². The van der Waals surface area contributed by atoms with Gasteiger partial charge in [-0.3, -0.25) is 9.78 Å². The zero-order valence-corrected chi connectivity index (χ0v) is 17.8. The molecule has 3 aliphatic rings. The first-order chi connectivity index (χ1) is 14.9. The third-order valence-corrected chi connectivity index (χ3v) is 7.25. The Kier molecular flexibility index (Phi) is 3.90. The van der Waals surface area contributed by atoms with Crippen LogP contribution in [-0.4, -0.2) is 33.1 Å². The zero-order valence-electron chi connectivity index (χ0n) is 17.8. The molecular weight excluding hydrogens is 388 g/mol. The van der Waals surface area contributed by atoms with E-state index < -0.39 is 0 Å². The maximum absolute atomic E-state index is 13.5. The van der Waals surface area contributed by atoms with E-state index in [-0.39, 0.29) is 41.5 Å². The van der Waals surface area contributed by atoms with Crippen LogP contribution in [0.15, 0.2) is 48.4 Å². The molecule has 0 amide bonds. The Morgan fingerprint density at radius 3 is 2.48 bits per heavy atom. The van der Waals surface area contributed by atoms with Gasteiger partial charge in [0, 0.05) is 12.1 Å². The van der Waals surface area contributed by atoms with Gasteiger partial charge in [-0.2, -0.15) is 0 Å². The molecule has 5 heteroatoms. The van der Waals surface area contributed by atoms with Crippen molar-refractivity contribution in [3.8, 4) is 0 Å². The molecule has 1 aromatic heterocycles. The summed E-state index contributed by atoms with van der Waals surface area (Å²) in [6.07, 6.45) is 2.11. The van der Waals surface area contributed by atoms with Gasteiger partial charge in [0.05, 0.1) is 46.3 Å². The topological polar surface area (TPSA) is 72.3 Å². The number of allylic oxidation sites excluding steroid dienone is 1. The molecule has 3 aromatic rings. The lowest BCUT2D eigenvalue weighted by atomic mass is 9.73. The molecule has 5 atom stereocenters. The van der Waals surface area contributed by atoms with Gasteiger partial charge in [0.25, 0.3) is 0 Å². The molecule has 2 aliphatic heterocycles. The molecule has 2 bridgehead atoms. The van der Waals surface area contributed by atoms with Crippen molar-refractivity contribution in [2.75, 3.05) is 0 Å². The van der Waals surface area contributed by atoms with Crippen LogP contribution in [0.4, 0.5) is 0 Å². The van der Waals surface area contributed by atoms with Gasteiger partial charge in [-0.15, -0.1) is 0 Å². The monoisotopic (exact) mass is 412 g/mol. The van der Waals surface area contributed by atoms with Crippen molar-refractivity contribution in [2.45, 2.75) is 45.3 Å². The number of carbonyl (C=O) groups excluding carboxylic acids is 1. The van der Waals surface area contributed by atoms with Crippen LogP contribution in [-0.2, 0) is 9.53 Å². The van der Waals surface area contributed by atoms with E-state index in [1.54, 1.807) is 0 Å². The summed E-state index contributed by atoms with van der Waals surface area (Å²) < 4.78 is 6.24. The van der Waals surface area contributed by atoms with Crippen molar-refractivity contribution in [1.29, 1.82) is 0 Å². The normalized spacial score (nSPS) is 29.3. The number of rotatable bonds is 2. The Balaban J connectivity index is 1.42. The van der Waals surface area contributed by atoms with E-state index in [9.17, 15) is 9.90 Å². The summed E-state index contributed by atoms with van der Waals surface area (Å²) in [5.41, 5.74) is 7.17. The van der Waals surface area contributed by atoms with Crippen molar-refractivity contribution >= 4 is 22.4 Å². The largest absolute Gasteiger partial charge is 0.511 e. The number of hydrogen-bond acceptors (Lipinski definition) is 5. The van der Waals surface area contributed by atoms with Gasteiger partial charge >= 0.3 is 0 Å². The first-order valence-corrected chi connectivity index (χ1v) is 10.9. The van der Waals surface area contributed by atoms with Crippen LogP contribution in [0.2, 0.25) is 0 Å². The number of benzene rings is 2. The van der Waals surface area contributed by atoms with Gasteiger partial charge in [0.1, 0.15) is 5.76 Å². The summed E-state index contributed by atoms with van der Waals surface area (Å²) >= 11 is 0. The maximum atomic E-state index is 13.5. The van der Waals surface area contributed by atoms with E-state index in [0.717, 1.165) is 45.4 Å². The minimum atomic E-state index is -0.306. The molecule has 31 heavy (non-hydrogen) atoms. The number of hydrogen-bond donors (Lipinski definition) is 1. The molecule has 1 aliphatic carbocycles. The highest BCUT2D eigenvalue weighted by molar-refractivity contribution is 6.26. The lowest BCUT2D eigenvalue weighted by Gasteiger charge is -2.27. The van der Waals surface area contributed by atoms with Gasteiger partial charge in [0.2, 0.25) is 0 Å². The second-order valence-corrected chi connectivity index (χ2v) is 9.21. The molecule has 156 valence electrons. The fourth-order valence-electron chi connectivity index (χ4n) is 6.12. The summed E-state index contributed by atoms with van der Waals surface area (Å²) in [7, 11) is 0. The fraction of sp³-hybridized carbons (Fsp3) is 0.346. The van der Waals surface area contributed by atoms with E-state index in [4.69, 9.17) is 9.72 Å². The number of carbonyl (C=O) groups is 1. The molecule has 2 aromatic carbocycles. The lowest BCUT2D eigenvalue weighted by molar-refractivity contribution is -0.118. The van der Waals surface area contributed by atoms with Crippen LogP contribution in [0.3, 0.4) is 0 Å². The Hall–Kier alpha value is -3.05. The fourth-order valence-corrected chi connectivity index (χ4v) is 6.12. The molecule has 6 rings (SSSR count). The Labute approximate surface area is 180 Å². The molecule has 0 unspecified atom stereocenters. The molecule has 0 radical (unpaired) electrons. The number of aliphatic hydroxyl groups is 1. The Morgan fingerprint density at radius 2 is 1.74 bits per heavy atom. The number of aliphatic hydroxyl groups excluding tert-OH is 1. The Morgan fingerprint density at radius 1 is 1.03 bits per heavy atom. The molecule has 0 saturated carbocycles. The van der Waals surface area contributed by atoms with E-state index in [0.29, 0.717) is 5.57 Å². The maximum Gasteiger partial charge on any atom is 0.173 e. The highest BCUT2D eigenvalue weighted by Crippen LogP contribution is 2.58. The number of aromatic nitrogens is 2. The van der Waals surface area contributed by atoms with Crippen molar-refractivity contribution in [3.63, 3.8) is 0 Å². The molecule has 1 N–H and O–H groups in total. The van der Waals surface area contributed by atoms with Crippen LogP contribution in [0.25, 0.3) is 16.6 Å². The van der Waals surface area contributed by atoms with Crippen LogP contribution in [0.1, 0.15) is 40.3 Å². The van der Waals surface area contributed by atoms with Crippen LogP contribution < -0.4 is 0 Å². The molecular formula is C26H24N2O3. The minimum absolute atomic E-state index is 0.0214. The molecule has 0 spiro atoms. The van der Waals surface area contributed by atoms with E-state index in [1.807, 2.05) is 51.2 Å². The first-order valence-electron chi connectivity index (χ1n) is 10.9. The predicted octanol–water partition coefficient (Wildman–Crippen LogP) is 4.59. The van der Waals surface area contributed by atoms with Gasteiger partial charge in [-0.25, -0.2) is 4.98 Å². The number of ether oxygens (including phenoxy) is 1. The number of aryl methyl sites for hydroxylation is 3.